The zero-order chi connectivity index (χ0) is 31.8. The lowest BCUT2D eigenvalue weighted by Gasteiger charge is -2.23. The van der Waals surface area contributed by atoms with Crippen LogP contribution in [0.4, 0.5) is 9.52 Å². The van der Waals surface area contributed by atoms with E-state index in [0.717, 1.165) is 22.5 Å². The van der Waals surface area contributed by atoms with Crippen molar-refractivity contribution in [3.05, 3.63) is 100 Å². The van der Waals surface area contributed by atoms with Crippen LogP contribution >= 0.6 is 23.1 Å². The molecular formula is C32H28FN5O5S2. The SMILES string of the molecule is CCOc1ccc(C2/C(=C(\O)c3nc4c(C)cccn4c3C)C(=O)C(=O)N2c2nnc(SCc3ccc(F)cc3)s2)cc1OC. The summed E-state index contributed by atoms with van der Waals surface area (Å²) in [5, 5.41) is 20.5. The molecule has 1 saturated heterocycles. The van der Waals surface area contributed by atoms with Gasteiger partial charge in [0.1, 0.15) is 17.2 Å². The highest BCUT2D eigenvalue weighted by molar-refractivity contribution is 8.00. The standard InChI is InChI=1S/C32H28FN5O5S2/c1-5-43-22-13-10-20(15-23(22)42-4)26-24(27(39)25-18(3)37-14-6-7-17(2)29(37)34-25)28(40)30(41)38(26)31-35-36-32(45-31)44-16-19-8-11-21(33)12-9-19/h6-15,26,39H,5,16H2,1-4H3/b27-24+. The number of nitrogens with zero attached hydrogens (tertiary/aromatic N) is 5. The van der Waals surface area contributed by atoms with E-state index < -0.39 is 23.5 Å². The molecule has 1 N–H and O–H groups in total. The normalized spacial score (nSPS) is 16.1. The second-order valence-electron chi connectivity index (χ2n) is 10.2. The van der Waals surface area contributed by atoms with Crippen LogP contribution in [-0.4, -0.2) is 50.1 Å². The summed E-state index contributed by atoms with van der Waals surface area (Å²) in [6, 6.07) is 13.9. The Hall–Kier alpha value is -4.75. The topological polar surface area (TPSA) is 119 Å². The first-order valence-corrected chi connectivity index (χ1v) is 15.8. The molecule has 1 atom stereocenters. The summed E-state index contributed by atoms with van der Waals surface area (Å²) < 4.78 is 27.0. The summed E-state index contributed by atoms with van der Waals surface area (Å²) >= 11 is 2.51. The van der Waals surface area contributed by atoms with Gasteiger partial charge in [0.05, 0.1) is 31.0 Å². The second kappa shape index (κ2) is 12.3. The molecule has 3 aromatic heterocycles. The van der Waals surface area contributed by atoms with E-state index in [1.165, 1.54) is 35.9 Å². The number of aliphatic hydroxyl groups is 1. The van der Waals surface area contributed by atoms with Crippen molar-refractivity contribution in [1.82, 2.24) is 19.6 Å². The maximum atomic E-state index is 13.8. The van der Waals surface area contributed by atoms with Gasteiger partial charge in [-0.3, -0.25) is 14.5 Å². The maximum Gasteiger partial charge on any atom is 0.301 e. The summed E-state index contributed by atoms with van der Waals surface area (Å²) in [6.45, 7) is 5.94. The van der Waals surface area contributed by atoms with Gasteiger partial charge in [-0.05, 0) is 67.8 Å². The fourth-order valence-electron chi connectivity index (χ4n) is 5.23. The number of aromatic nitrogens is 4. The fraction of sp³-hybridized carbons (Fsp3) is 0.219. The number of carbonyl (C=O) groups is 2. The van der Waals surface area contributed by atoms with E-state index in [-0.39, 0.29) is 22.2 Å². The number of imidazole rings is 1. The van der Waals surface area contributed by atoms with Gasteiger partial charge in [-0.2, -0.15) is 0 Å². The number of halogens is 1. The second-order valence-corrected chi connectivity index (χ2v) is 12.4. The number of ketones is 1. The molecule has 4 heterocycles. The third kappa shape index (κ3) is 5.53. The first kappa shape index (κ1) is 30.3. The van der Waals surface area contributed by atoms with Crippen LogP contribution in [0.1, 0.15) is 41.0 Å². The minimum Gasteiger partial charge on any atom is -0.505 e. The molecule has 2 aromatic carbocycles. The Kier molecular flexibility index (Phi) is 8.30. The van der Waals surface area contributed by atoms with Gasteiger partial charge >= 0.3 is 5.91 Å². The number of amides is 1. The third-order valence-corrected chi connectivity index (χ3v) is 9.56. The van der Waals surface area contributed by atoms with Gasteiger partial charge in [-0.15, -0.1) is 10.2 Å². The van der Waals surface area contributed by atoms with Crippen LogP contribution in [-0.2, 0) is 15.3 Å². The molecule has 5 aromatic rings. The van der Waals surface area contributed by atoms with E-state index in [1.807, 2.05) is 36.6 Å². The lowest BCUT2D eigenvalue weighted by Crippen LogP contribution is -2.29. The first-order valence-electron chi connectivity index (χ1n) is 14.0. The largest absolute Gasteiger partial charge is 0.505 e. The Morgan fingerprint density at radius 1 is 1.09 bits per heavy atom. The van der Waals surface area contributed by atoms with Crippen molar-refractivity contribution < 1.29 is 28.6 Å². The lowest BCUT2D eigenvalue weighted by atomic mass is 9.96. The molecule has 0 saturated carbocycles. The number of rotatable bonds is 9. The molecule has 0 radical (unpaired) electrons. The van der Waals surface area contributed by atoms with Crippen LogP contribution in [0.5, 0.6) is 11.5 Å². The number of pyridine rings is 1. The predicted octanol–water partition coefficient (Wildman–Crippen LogP) is 6.27. The van der Waals surface area contributed by atoms with Gasteiger partial charge in [-0.25, -0.2) is 9.37 Å². The quantitative estimate of drug-likeness (QED) is 0.0651. The summed E-state index contributed by atoms with van der Waals surface area (Å²) in [6.07, 6.45) is 1.82. The number of hydrogen-bond donors (Lipinski definition) is 1. The van der Waals surface area contributed by atoms with Crippen molar-refractivity contribution in [3.8, 4) is 11.5 Å². The Bertz CT molecular complexity index is 1970. The van der Waals surface area contributed by atoms with Crippen molar-refractivity contribution in [2.24, 2.45) is 0 Å². The van der Waals surface area contributed by atoms with Crippen LogP contribution in [0.15, 0.2) is 70.7 Å². The molecule has 0 bridgehead atoms. The number of aryl methyl sites for hydroxylation is 2. The monoisotopic (exact) mass is 645 g/mol. The molecule has 230 valence electrons. The number of fused-ring (bicyclic) bond motifs is 1. The molecule has 1 aliphatic rings. The molecule has 10 nitrogen and oxygen atoms in total. The Labute approximate surface area is 266 Å². The Morgan fingerprint density at radius 2 is 1.87 bits per heavy atom. The van der Waals surface area contributed by atoms with Gasteiger partial charge in [0, 0.05) is 11.9 Å². The van der Waals surface area contributed by atoms with Crippen molar-refractivity contribution in [1.29, 1.82) is 0 Å². The minimum atomic E-state index is -1.07. The van der Waals surface area contributed by atoms with Crippen LogP contribution in [0, 0.1) is 19.7 Å². The molecular weight excluding hydrogens is 618 g/mol. The highest BCUT2D eigenvalue weighted by Gasteiger charge is 2.49. The number of carbonyl (C=O) groups excluding carboxylic acids is 2. The van der Waals surface area contributed by atoms with E-state index in [9.17, 15) is 19.1 Å². The summed E-state index contributed by atoms with van der Waals surface area (Å²) in [5.41, 5.74) is 3.55. The average molecular weight is 646 g/mol. The number of benzene rings is 2. The Morgan fingerprint density at radius 3 is 2.58 bits per heavy atom. The van der Waals surface area contributed by atoms with Crippen LogP contribution in [0.2, 0.25) is 0 Å². The van der Waals surface area contributed by atoms with Crippen LogP contribution < -0.4 is 14.4 Å². The van der Waals surface area contributed by atoms with Gasteiger partial charge < -0.3 is 19.0 Å². The molecule has 1 fully saturated rings. The molecule has 45 heavy (non-hydrogen) atoms. The number of aliphatic hydroxyl groups excluding tert-OH is 1. The number of hydrogen-bond acceptors (Lipinski definition) is 10. The zero-order valence-electron chi connectivity index (χ0n) is 24.8. The van der Waals surface area contributed by atoms with E-state index in [0.29, 0.717) is 45.1 Å². The minimum absolute atomic E-state index is 0.133. The van der Waals surface area contributed by atoms with Gasteiger partial charge in [0.2, 0.25) is 5.13 Å². The van der Waals surface area contributed by atoms with Crippen LogP contribution in [0.25, 0.3) is 11.4 Å². The van der Waals surface area contributed by atoms with Crippen molar-refractivity contribution in [2.75, 3.05) is 18.6 Å². The maximum absolute atomic E-state index is 13.8. The van der Waals surface area contributed by atoms with E-state index in [2.05, 4.69) is 15.2 Å². The number of methoxy groups -OCH3 is 1. The molecule has 0 spiro atoms. The number of anilines is 1. The van der Waals surface area contributed by atoms with Crippen molar-refractivity contribution >= 4 is 51.3 Å². The molecule has 1 amide bonds. The van der Waals surface area contributed by atoms with Gasteiger partial charge in [-0.1, -0.05) is 47.4 Å². The Balaban J connectivity index is 1.46. The van der Waals surface area contributed by atoms with Crippen molar-refractivity contribution in [3.63, 3.8) is 0 Å². The summed E-state index contributed by atoms with van der Waals surface area (Å²) in [5.74, 6) is -1.08. The number of Topliss-reactive ketones (excluding diaryl/α,β-unsaturated/α-hetero) is 1. The molecule has 0 aliphatic carbocycles. The third-order valence-electron chi connectivity index (χ3n) is 7.43. The number of ether oxygens (including phenoxy) is 2. The molecule has 1 unspecified atom stereocenters. The smallest absolute Gasteiger partial charge is 0.301 e. The highest BCUT2D eigenvalue weighted by atomic mass is 32.2. The van der Waals surface area contributed by atoms with Crippen molar-refractivity contribution in [2.45, 2.75) is 36.9 Å². The predicted molar refractivity (Wildman–Crippen MR) is 169 cm³/mol. The molecule has 6 rings (SSSR count). The average Bonchev–Trinajstić information content (AvgIpc) is 3.72. The lowest BCUT2D eigenvalue weighted by molar-refractivity contribution is -0.132. The summed E-state index contributed by atoms with van der Waals surface area (Å²) in [7, 11) is 1.50. The molecule has 1 aliphatic heterocycles. The van der Waals surface area contributed by atoms with Gasteiger partial charge in [0.25, 0.3) is 5.78 Å². The fourth-order valence-corrected chi connectivity index (χ4v) is 7.06. The van der Waals surface area contributed by atoms with E-state index in [4.69, 9.17) is 9.47 Å². The number of thioether (sulfide) groups is 1. The molecule has 13 heteroatoms. The van der Waals surface area contributed by atoms with E-state index >= 15 is 0 Å². The van der Waals surface area contributed by atoms with E-state index in [1.54, 1.807) is 37.3 Å². The van der Waals surface area contributed by atoms with Gasteiger partial charge in [0.15, 0.2) is 21.6 Å². The first-order chi connectivity index (χ1) is 21.7. The van der Waals surface area contributed by atoms with Crippen LogP contribution in [0.3, 0.4) is 0 Å². The zero-order valence-corrected chi connectivity index (χ0v) is 26.4. The highest BCUT2D eigenvalue weighted by Crippen LogP contribution is 2.46. The summed E-state index contributed by atoms with van der Waals surface area (Å²) in [4.78, 5) is 33.4.